The lowest BCUT2D eigenvalue weighted by atomic mass is 10.1. The first-order chi connectivity index (χ1) is 9.54. The number of ketones is 1. The van der Waals surface area contributed by atoms with Crippen LogP contribution in [0.5, 0.6) is 0 Å². The zero-order valence-corrected chi connectivity index (χ0v) is 13.1. The fourth-order valence-corrected chi connectivity index (χ4v) is 2.33. The molecule has 2 rings (SSSR count). The second-order valence-electron chi connectivity index (χ2n) is 3.97. The van der Waals surface area contributed by atoms with Gasteiger partial charge in [-0.15, -0.1) is 12.4 Å². The van der Waals surface area contributed by atoms with Crippen LogP contribution >= 0.6 is 35.8 Å². The van der Waals surface area contributed by atoms with Crippen molar-refractivity contribution in [3.05, 3.63) is 76.0 Å². The Morgan fingerprint density at radius 3 is 2.24 bits per heavy atom. The van der Waals surface area contributed by atoms with Crippen LogP contribution in [0.4, 0.5) is 4.39 Å². The Balaban J connectivity index is 0.00000220. The van der Waals surface area contributed by atoms with Crippen molar-refractivity contribution in [2.75, 3.05) is 0 Å². The van der Waals surface area contributed by atoms with Gasteiger partial charge in [0.1, 0.15) is 5.82 Å². The molecule has 0 aliphatic carbocycles. The molecule has 0 unspecified atom stereocenters. The Bertz CT molecular complexity index is 642. The Morgan fingerprint density at radius 1 is 1.10 bits per heavy atom. The van der Waals surface area contributed by atoms with Gasteiger partial charge in [-0.3, -0.25) is 4.79 Å². The first-order valence-electron chi connectivity index (χ1n) is 5.75. The molecule has 0 fully saturated rings. The zero-order chi connectivity index (χ0) is 14.5. The minimum Gasteiger partial charge on any atom is -0.393 e. The van der Waals surface area contributed by atoms with Crippen molar-refractivity contribution in [1.29, 1.82) is 0 Å². The molecule has 0 saturated heterocycles. The van der Waals surface area contributed by atoms with Crippen molar-refractivity contribution >= 4 is 41.6 Å². The topological polar surface area (TPSA) is 43.1 Å². The summed E-state index contributed by atoms with van der Waals surface area (Å²) in [7, 11) is 0. The second-order valence-corrected chi connectivity index (χ2v) is 5.56. The van der Waals surface area contributed by atoms with Gasteiger partial charge in [0.2, 0.25) is 0 Å². The fraction of sp³-hybridized carbons (Fsp3) is 0. The van der Waals surface area contributed by atoms with Crippen LogP contribution in [0.3, 0.4) is 0 Å². The van der Waals surface area contributed by atoms with Crippen LogP contribution in [0.2, 0.25) is 5.02 Å². The summed E-state index contributed by atoms with van der Waals surface area (Å²) in [4.78, 5) is 12.8. The molecule has 2 N–H and O–H groups in total. The Labute approximate surface area is 137 Å². The van der Waals surface area contributed by atoms with E-state index in [0.29, 0.717) is 15.6 Å². The number of nitrogens with two attached hydrogens (primary N) is 1. The largest absolute Gasteiger partial charge is 0.393 e. The van der Waals surface area contributed by atoms with Gasteiger partial charge >= 0.3 is 0 Å². The molecule has 2 aromatic carbocycles. The molecule has 0 radical (unpaired) electrons. The molecule has 0 aromatic heterocycles. The fourth-order valence-electron chi connectivity index (χ4n) is 1.49. The van der Waals surface area contributed by atoms with Gasteiger partial charge in [-0.25, -0.2) is 4.39 Å². The molecule has 0 aliphatic rings. The highest BCUT2D eigenvalue weighted by atomic mass is 35.5. The molecule has 0 bridgehead atoms. The lowest BCUT2D eigenvalue weighted by molar-refractivity contribution is 0.104. The first-order valence-corrected chi connectivity index (χ1v) is 6.94. The zero-order valence-electron chi connectivity index (χ0n) is 10.8. The van der Waals surface area contributed by atoms with Crippen LogP contribution in [0.15, 0.2) is 64.5 Å². The summed E-state index contributed by atoms with van der Waals surface area (Å²) in [6.45, 7) is 0. The smallest absolute Gasteiger partial charge is 0.188 e. The van der Waals surface area contributed by atoms with Crippen molar-refractivity contribution < 1.29 is 9.18 Å². The third kappa shape index (κ3) is 5.42. The number of thioether (sulfide) groups is 1. The Morgan fingerprint density at radius 2 is 1.67 bits per heavy atom. The van der Waals surface area contributed by atoms with Crippen LogP contribution in [-0.2, 0) is 0 Å². The molecule has 0 heterocycles. The van der Waals surface area contributed by atoms with Gasteiger partial charge in [0.15, 0.2) is 5.78 Å². The maximum absolute atomic E-state index is 12.8. The number of halogens is 3. The van der Waals surface area contributed by atoms with E-state index in [1.807, 2.05) is 12.1 Å². The maximum atomic E-state index is 12.8. The predicted octanol–water partition coefficient (Wildman–Crippen LogP) is 4.68. The monoisotopic (exact) mass is 343 g/mol. The molecule has 110 valence electrons. The van der Waals surface area contributed by atoms with Gasteiger partial charge in [0.05, 0.1) is 5.03 Å². The summed E-state index contributed by atoms with van der Waals surface area (Å²) in [6.07, 6.45) is 1.33. The normalized spacial score (nSPS) is 10.9. The number of hydrogen-bond acceptors (Lipinski definition) is 3. The minimum absolute atomic E-state index is 0. The first kappa shape index (κ1) is 17.6. The number of rotatable bonds is 4. The summed E-state index contributed by atoms with van der Waals surface area (Å²) < 4.78 is 12.8. The summed E-state index contributed by atoms with van der Waals surface area (Å²) in [5.41, 5.74) is 6.20. The third-order valence-electron chi connectivity index (χ3n) is 2.45. The number of allylic oxidation sites excluding steroid dienone is 1. The second kappa shape index (κ2) is 8.08. The molecule has 0 saturated carbocycles. The van der Waals surface area contributed by atoms with E-state index in [1.165, 1.54) is 42.1 Å². The van der Waals surface area contributed by atoms with E-state index in [2.05, 4.69) is 0 Å². The molecule has 0 spiro atoms. The van der Waals surface area contributed by atoms with Crippen LogP contribution in [-0.4, -0.2) is 5.78 Å². The van der Waals surface area contributed by atoms with Crippen molar-refractivity contribution in [3.63, 3.8) is 0 Å². The van der Waals surface area contributed by atoms with Crippen molar-refractivity contribution in [3.8, 4) is 0 Å². The lowest BCUT2D eigenvalue weighted by Gasteiger charge is -2.02. The van der Waals surface area contributed by atoms with E-state index >= 15 is 0 Å². The number of hydrogen-bond donors (Lipinski definition) is 1. The highest BCUT2D eigenvalue weighted by molar-refractivity contribution is 8.03. The highest BCUT2D eigenvalue weighted by Crippen LogP contribution is 2.24. The van der Waals surface area contributed by atoms with Crippen molar-refractivity contribution in [2.45, 2.75) is 4.90 Å². The van der Waals surface area contributed by atoms with E-state index in [-0.39, 0.29) is 24.0 Å². The number of benzene rings is 2. The van der Waals surface area contributed by atoms with Gasteiger partial charge < -0.3 is 5.73 Å². The van der Waals surface area contributed by atoms with E-state index in [4.69, 9.17) is 17.3 Å². The average Bonchev–Trinajstić information content (AvgIpc) is 2.42. The molecule has 0 amide bonds. The molecule has 6 heteroatoms. The van der Waals surface area contributed by atoms with Gasteiger partial charge in [-0.1, -0.05) is 23.4 Å². The van der Waals surface area contributed by atoms with Gasteiger partial charge in [0.25, 0.3) is 0 Å². The molecule has 2 nitrogen and oxygen atoms in total. The van der Waals surface area contributed by atoms with Gasteiger partial charge in [-0.05, 0) is 48.5 Å². The standard InChI is InChI=1S/C15H11ClFNOS.ClH/c16-11-3-7-13(8-4-11)20-15(18)9-14(19)10-1-5-12(17)6-2-10;/h1-9H,18H2;1H/b15-9-;. The molecule has 0 aliphatic heterocycles. The van der Waals surface area contributed by atoms with Gasteiger partial charge in [-0.2, -0.15) is 0 Å². The van der Waals surface area contributed by atoms with Crippen molar-refractivity contribution in [2.24, 2.45) is 5.73 Å². The molecular weight excluding hydrogens is 332 g/mol. The van der Waals surface area contributed by atoms with Crippen LogP contribution in [0.25, 0.3) is 0 Å². The predicted molar refractivity (Wildman–Crippen MR) is 87.6 cm³/mol. The van der Waals surface area contributed by atoms with Gasteiger partial charge in [0, 0.05) is 21.6 Å². The number of carbonyl (C=O) groups is 1. The summed E-state index contributed by atoms with van der Waals surface area (Å²) in [5.74, 6) is -0.641. The van der Waals surface area contributed by atoms with Crippen molar-refractivity contribution in [1.82, 2.24) is 0 Å². The molecule has 0 atom stereocenters. The lowest BCUT2D eigenvalue weighted by Crippen LogP contribution is -2.00. The SMILES string of the molecule is Cl.N/C(=C/C(=O)c1ccc(F)cc1)Sc1ccc(Cl)cc1. The highest BCUT2D eigenvalue weighted by Gasteiger charge is 2.05. The number of carbonyl (C=O) groups excluding carboxylic acids is 1. The summed E-state index contributed by atoms with van der Waals surface area (Å²) in [5, 5.41) is 1.00. The summed E-state index contributed by atoms with van der Waals surface area (Å²) >= 11 is 7.05. The van der Waals surface area contributed by atoms with E-state index in [0.717, 1.165) is 4.90 Å². The third-order valence-corrected chi connectivity index (χ3v) is 3.56. The van der Waals surface area contributed by atoms with E-state index in [1.54, 1.807) is 12.1 Å². The maximum Gasteiger partial charge on any atom is 0.188 e. The van der Waals surface area contributed by atoms with Crippen LogP contribution in [0, 0.1) is 5.82 Å². The Hall–Kier alpha value is -1.49. The molecule has 2 aromatic rings. The van der Waals surface area contributed by atoms with E-state index < -0.39 is 0 Å². The van der Waals surface area contributed by atoms with Crippen LogP contribution < -0.4 is 5.73 Å². The minimum atomic E-state index is -0.381. The summed E-state index contributed by atoms with van der Waals surface area (Å²) in [6, 6.07) is 12.5. The quantitative estimate of drug-likeness (QED) is 0.498. The van der Waals surface area contributed by atoms with E-state index in [9.17, 15) is 9.18 Å². The molecular formula is C15H12Cl2FNOS. The van der Waals surface area contributed by atoms with Crippen LogP contribution in [0.1, 0.15) is 10.4 Å². The average molecular weight is 344 g/mol. The Kier molecular flexibility index (Phi) is 6.75. The molecule has 21 heavy (non-hydrogen) atoms.